The van der Waals surface area contributed by atoms with Crippen molar-refractivity contribution in [3.05, 3.63) is 53.6 Å². The number of aliphatic hydroxyl groups is 2. The van der Waals surface area contributed by atoms with Crippen molar-refractivity contribution in [1.82, 2.24) is 0 Å². The Hall–Kier alpha value is -2.70. The maximum atomic E-state index is 10.7. The van der Waals surface area contributed by atoms with E-state index in [1.807, 2.05) is 30.4 Å². The maximum absolute atomic E-state index is 10.7. The molecule has 0 fully saturated rings. The number of rotatable bonds is 10. The molecule has 152 valence electrons. The lowest BCUT2D eigenvalue weighted by molar-refractivity contribution is 0.0682. The molecule has 0 unspecified atom stereocenters. The minimum atomic E-state index is -0.833. The van der Waals surface area contributed by atoms with Crippen LogP contribution in [0.25, 0.3) is 6.08 Å². The first kappa shape index (κ1) is 21.6. The van der Waals surface area contributed by atoms with Crippen LogP contribution in [0.4, 0.5) is 0 Å². The number of benzene rings is 2. The van der Waals surface area contributed by atoms with E-state index in [9.17, 15) is 10.2 Å². The molecule has 6 nitrogen and oxygen atoms in total. The minimum Gasteiger partial charge on any atom is -0.493 e. The van der Waals surface area contributed by atoms with Gasteiger partial charge in [-0.2, -0.15) is 0 Å². The first-order valence-corrected chi connectivity index (χ1v) is 8.97. The van der Waals surface area contributed by atoms with Gasteiger partial charge in [-0.25, -0.2) is 0 Å². The summed E-state index contributed by atoms with van der Waals surface area (Å²) in [5.41, 5.74) is 1.60. The van der Waals surface area contributed by atoms with Gasteiger partial charge >= 0.3 is 0 Å². The topological polar surface area (TPSA) is 77.4 Å². The molecule has 2 aromatic rings. The standard InChI is InChI=1S/C22H28O6/c1-25-18-10-8-15(12-20(18)27-3)6-5-7-17(14-23)22(24)16-9-11-19(26-2)21(13-16)28-4/h5-6,8-13,17,22-24H,7,14H2,1-4H3/b6-5+/t17-,22+/m0/s1. The summed E-state index contributed by atoms with van der Waals surface area (Å²) in [6, 6.07) is 10.9. The minimum absolute atomic E-state index is 0.147. The highest BCUT2D eigenvalue weighted by molar-refractivity contribution is 5.56. The fourth-order valence-electron chi connectivity index (χ4n) is 2.95. The molecule has 0 aliphatic carbocycles. The summed E-state index contributed by atoms with van der Waals surface area (Å²) < 4.78 is 21.0. The van der Waals surface area contributed by atoms with Gasteiger partial charge in [0.25, 0.3) is 0 Å². The Kier molecular flexibility index (Phi) is 8.17. The molecule has 28 heavy (non-hydrogen) atoms. The second-order valence-corrected chi connectivity index (χ2v) is 6.25. The maximum Gasteiger partial charge on any atom is 0.161 e. The predicted molar refractivity (Wildman–Crippen MR) is 108 cm³/mol. The van der Waals surface area contributed by atoms with E-state index in [1.165, 1.54) is 0 Å². The van der Waals surface area contributed by atoms with Crippen LogP contribution in [-0.4, -0.2) is 45.3 Å². The number of allylic oxidation sites excluding steroid dienone is 1. The average molecular weight is 388 g/mol. The van der Waals surface area contributed by atoms with Crippen LogP contribution in [0.1, 0.15) is 23.7 Å². The molecule has 2 atom stereocenters. The third-order valence-corrected chi connectivity index (χ3v) is 4.59. The summed E-state index contributed by atoms with van der Waals surface area (Å²) in [6.45, 7) is -0.147. The molecule has 0 bridgehead atoms. The molecule has 2 aromatic carbocycles. The Morgan fingerprint density at radius 1 is 0.821 bits per heavy atom. The molecule has 0 amide bonds. The van der Waals surface area contributed by atoms with Gasteiger partial charge in [0.15, 0.2) is 23.0 Å². The van der Waals surface area contributed by atoms with E-state index >= 15 is 0 Å². The van der Waals surface area contributed by atoms with E-state index in [1.54, 1.807) is 46.6 Å². The fourth-order valence-corrected chi connectivity index (χ4v) is 2.95. The number of ether oxygens (including phenoxy) is 4. The van der Waals surface area contributed by atoms with E-state index in [4.69, 9.17) is 18.9 Å². The highest BCUT2D eigenvalue weighted by atomic mass is 16.5. The number of methoxy groups -OCH3 is 4. The van der Waals surface area contributed by atoms with Crippen molar-refractivity contribution >= 4 is 6.08 Å². The first-order chi connectivity index (χ1) is 13.6. The molecule has 0 aliphatic heterocycles. The van der Waals surface area contributed by atoms with Crippen LogP contribution in [-0.2, 0) is 0 Å². The van der Waals surface area contributed by atoms with Gasteiger partial charge in [0.2, 0.25) is 0 Å². The summed E-state index contributed by atoms with van der Waals surface area (Å²) in [5.74, 6) is 2.09. The van der Waals surface area contributed by atoms with Crippen LogP contribution in [0.2, 0.25) is 0 Å². The zero-order valence-corrected chi connectivity index (χ0v) is 16.7. The Morgan fingerprint density at radius 2 is 1.39 bits per heavy atom. The van der Waals surface area contributed by atoms with Gasteiger partial charge in [-0.15, -0.1) is 0 Å². The largest absolute Gasteiger partial charge is 0.493 e. The fraction of sp³-hybridized carbons (Fsp3) is 0.364. The second kappa shape index (κ2) is 10.6. The van der Waals surface area contributed by atoms with E-state index in [0.717, 1.165) is 5.56 Å². The molecule has 2 rings (SSSR count). The molecule has 0 aromatic heterocycles. The van der Waals surface area contributed by atoms with E-state index in [0.29, 0.717) is 35.0 Å². The average Bonchev–Trinajstić information content (AvgIpc) is 2.75. The van der Waals surface area contributed by atoms with Crippen LogP contribution < -0.4 is 18.9 Å². The van der Waals surface area contributed by atoms with Crippen molar-refractivity contribution in [3.8, 4) is 23.0 Å². The van der Waals surface area contributed by atoms with Crippen LogP contribution in [0, 0.1) is 5.92 Å². The highest BCUT2D eigenvalue weighted by Gasteiger charge is 2.20. The molecule has 0 aliphatic rings. The molecule has 0 saturated carbocycles. The van der Waals surface area contributed by atoms with E-state index < -0.39 is 6.10 Å². The predicted octanol–water partition coefficient (Wildman–Crippen LogP) is 3.47. The molecule has 0 spiro atoms. The summed E-state index contributed by atoms with van der Waals surface area (Å²) in [5, 5.41) is 20.4. The quantitative estimate of drug-likeness (QED) is 0.649. The SMILES string of the molecule is COc1ccc(/C=C/C[C@@H](CO)[C@H](O)c2ccc(OC)c(OC)c2)cc1OC. The monoisotopic (exact) mass is 388 g/mol. The highest BCUT2D eigenvalue weighted by Crippen LogP contribution is 2.33. The molecular weight excluding hydrogens is 360 g/mol. The summed E-state index contributed by atoms with van der Waals surface area (Å²) in [4.78, 5) is 0. The molecule has 0 radical (unpaired) electrons. The third-order valence-electron chi connectivity index (χ3n) is 4.59. The van der Waals surface area contributed by atoms with Gasteiger partial charge in [-0.1, -0.05) is 24.3 Å². The van der Waals surface area contributed by atoms with E-state index in [-0.39, 0.29) is 12.5 Å². The van der Waals surface area contributed by atoms with Crippen molar-refractivity contribution in [3.63, 3.8) is 0 Å². The Morgan fingerprint density at radius 3 is 1.96 bits per heavy atom. The van der Waals surface area contributed by atoms with Crippen LogP contribution in [0.15, 0.2) is 42.5 Å². The molecule has 6 heteroatoms. The molecule has 0 heterocycles. The third kappa shape index (κ3) is 5.18. The molecule has 2 N–H and O–H groups in total. The summed E-state index contributed by atoms with van der Waals surface area (Å²) in [7, 11) is 6.29. The Bertz CT molecular complexity index is 787. The zero-order valence-electron chi connectivity index (χ0n) is 16.7. The van der Waals surface area contributed by atoms with Crippen molar-refractivity contribution in [2.24, 2.45) is 5.92 Å². The Labute approximate surface area is 165 Å². The van der Waals surface area contributed by atoms with Crippen LogP contribution >= 0.6 is 0 Å². The second-order valence-electron chi connectivity index (χ2n) is 6.25. The number of aliphatic hydroxyl groups excluding tert-OH is 2. The van der Waals surface area contributed by atoms with Crippen molar-refractivity contribution in [2.75, 3.05) is 35.0 Å². The van der Waals surface area contributed by atoms with E-state index in [2.05, 4.69) is 0 Å². The van der Waals surface area contributed by atoms with Gasteiger partial charge in [-0.05, 0) is 41.8 Å². The normalized spacial score (nSPS) is 13.2. The van der Waals surface area contributed by atoms with Gasteiger partial charge in [0, 0.05) is 12.5 Å². The van der Waals surface area contributed by atoms with Gasteiger partial charge < -0.3 is 29.2 Å². The zero-order chi connectivity index (χ0) is 20.5. The van der Waals surface area contributed by atoms with Crippen molar-refractivity contribution in [1.29, 1.82) is 0 Å². The van der Waals surface area contributed by atoms with Crippen molar-refractivity contribution in [2.45, 2.75) is 12.5 Å². The van der Waals surface area contributed by atoms with Crippen molar-refractivity contribution < 1.29 is 29.2 Å². The Balaban J connectivity index is 2.10. The lowest BCUT2D eigenvalue weighted by Crippen LogP contribution is -2.16. The molecular formula is C22H28O6. The smallest absolute Gasteiger partial charge is 0.161 e. The molecule has 0 saturated heterocycles. The van der Waals surface area contributed by atoms with Crippen LogP contribution in [0.5, 0.6) is 23.0 Å². The summed E-state index contributed by atoms with van der Waals surface area (Å²) >= 11 is 0. The number of hydrogen-bond acceptors (Lipinski definition) is 6. The van der Waals surface area contributed by atoms with Gasteiger partial charge in [-0.3, -0.25) is 0 Å². The first-order valence-electron chi connectivity index (χ1n) is 8.97. The summed E-state index contributed by atoms with van der Waals surface area (Å²) in [6.07, 6.45) is 3.51. The van der Waals surface area contributed by atoms with Gasteiger partial charge in [0.1, 0.15) is 0 Å². The lowest BCUT2D eigenvalue weighted by atomic mass is 9.93. The number of hydrogen-bond donors (Lipinski definition) is 2. The van der Waals surface area contributed by atoms with Gasteiger partial charge in [0.05, 0.1) is 34.5 Å². The van der Waals surface area contributed by atoms with Crippen LogP contribution in [0.3, 0.4) is 0 Å². The lowest BCUT2D eigenvalue weighted by Gasteiger charge is -2.21.